The van der Waals surface area contributed by atoms with Crippen molar-refractivity contribution in [1.82, 2.24) is 4.98 Å². The lowest BCUT2D eigenvalue weighted by Crippen LogP contribution is -2.30. The van der Waals surface area contributed by atoms with E-state index in [1.54, 1.807) is 11.3 Å². The van der Waals surface area contributed by atoms with Crippen molar-refractivity contribution in [2.24, 2.45) is 0 Å². The van der Waals surface area contributed by atoms with Crippen molar-refractivity contribution >= 4 is 33.5 Å². The molecule has 2 heterocycles. The van der Waals surface area contributed by atoms with Gasteiger partial charge in [-0.25, -0.2) is 0 Å². The zero-order valence-corrected chi connectivity index (χ0v) is 13.1. The molecule has 2 N–H and O–H groups in total. The second kappa shape index (κ2) is 5.74. The van der Waals surface area contributed by atoms with Crippen LogP contribution in [0.2, 0.25) is 0 Å². The molecule has 0 radical (unpaired) electrons. The quantitative estimate of drug-likeness (QED) is 0.730. The first-order chi connectivity index (χ1) is 10.2. The molecule has 0 aliphatic carbocycles. The van der Waals surface area contributed by atoms with Crippen LogP contribution in [0.5, 0.6) is 0 Å². The molecule has 0 saturated heterocycles. The van der Waals surface area contributed by atoms with Crippen LogP contribution in [0.25, 0.3) is 10.8 Å². The fourth-order valence-corrected chi connectivity index (χ4v) is 3.27. The average molecular weight is 297 g/mol. The molecule has 3 aromatic rings. The normalized spacial score (nSPS) is 11.2. The predicted molar refractivity (Wildman–Crippen MR) is 91.8 cm³/mol. The smallest absolute Gasteiger partial charge is 0.0525 e. The van der Waals surface area contributed by atoms with Crippen molar-refractivity contribution < 1.29 is 0 Å². The first-order valence-corrected chi connectivity index (χ1v) is 7.96. The average Bonchev–Trinajstić information content (AvgIpc) is 2.99. The highest BCUT2D eigenvalue weighted by Crippen LogP contribution is 2.32. The summed E-state index contributed by atoms with van der Waals surface area (Å²) in [5, 5.41) is 4.31. The Hall–Kier alpha value is -2.07. The Labute approximate surface area is 129 Å². The number of nitrogens with zero attached hydrogens (tertiary/aromatic N) is 2. The van der Waals surface area contributed by atoms with E-state index in [4.69, 9.17) is 5.73 Å². The summed E-state index contributed by atoms with van der Waals surface area (Å²) >= 11 is 1.79. The first kappa shape index (κ1) is 13.9. The molecule has 3 rings (SSSR count). The molecular formula is C17H19N3S. The lowest BCUT2D eigenvalue weighted by molar-refractivity contribution is 0.690. The van der Waals surface area contributed by atoms with Gasteiger partial charge in [0.2, 0.25) is 0 Å². The van der Waals surface area contributed by atoms with Gasteiger partial charge in [-0.2, -0.15) is 0 Å². The van der Waals surface area contributed by atoms with E-state index in [1.165, 1.54) is 10.6 Å². The van der Waals surface area contributed by atoms with Gasteiger partial charge in [0.05, 0.1) is 6.54 Å². The Morgan fingerprint density at radius 3 is 2.76 bits per heavy atom. The largest absolute Gasteiger partial charge is 0.398 e. The number of aromatic nitrogens is 1. The molecule has 0 spiro atoms. The van der Waals surface area contributed by atoms with Crippen LogP contribution in [0.3, 0.4) is 0 Å². The van der Waals surface area contributed by atoms with E-state index in [1.807, 2.05) is 24.5 Å². The third-order valence-electron chi connectivity index (χ3n) is 3.67. The summed E-state index contributed by atoms with van der Waals surface area (Å²) < 4.78 is 0. The summed E-state index contributed by atoms with van der Waals surface area (Å²) in [5.41, 5.74) is 8.07. The van der Waals surface area contributed by atoms with Gasteiger partial charge in [0.25, 0.3) is 0 Å². The Morgan fingerprint density at radius 2 is 2.05 bits per heavy atom. The number of nitrogens with two attached hydrogens (primary N) is 1. The van der Waals surface area contributed by atoms with Crippen LogP contribution >= 0.6 is 11.3 Å². The van der Waals surface area contributed by atoms with Gasteiger partial charge in [-0.3, -0.25) is 4.98 Å². The summed E-state index contributed by atoms with van der Waals surface area (Å²) in [6.07, 6.45) is 3.67. The molecule has 0 unspecified atom stereocenters. The van der Waals surface area contributed by atoms with E-state index >= 15 is 0 Å². The minimum absolute atomic E-state index is 0.409. The SMILES string of the molecule is CC(C)N(Cc1cccs1)c1ccc(N)c2cnccc12. The fraction of sp³-hybridized carbons (Fsp3) is 0.235. The van der Waals surface area contributed by atoms with E-state index in [-0.39, 0.29) is 0 Å². The van der Waals surface area contributed by atoms with Crippen molar-refractivity contribution in [2.45, 2.75) is 26.4 Å². The maximum Gasteiger partial charge on any atom is 0.0525 e. The van der Waals surface area contributed by atoms with Gasteiger partial charge < -0.3 is 10.6 Å². The second-order valence-electron chi connectivity index (χ2n) is 5.40. The minimum Gasteiger partial charge on any atom is -0.398 e. The molecule has 0 bridgehead atoms. The van der Waals surface area contributed by atoms with Gasteiger partial charge in [-0.15, -0.1) is 11.3 Å². The predicted octanol–water partition coefficient (Wildman–Crippen LogP) is 4.29. The molecule has 1 aromatic carbocycles. The van der Waals surface area contributed by atoms with Crippen LogP contribution in [0.15, 0.2) is 48.1 Å². The zero-order valence-electron chi connectivity index (χ0n) is 12.3. The molecule has 0 atom stereocenters. The summed E-state index contributed by atoms with van der Waals surface area (Å²) in [6, 6.07) is 10.8. The number of pyridine rings is 1. The lowest BCUT2D eigenvalue weighted by atomic mass is 10.1. The first-order valence-electron chi connectivity index (χ1n) is 7.08. The molecule has 0 fully saturated rings. The van der Waals surface area contributed by atoms with Gasteiger partial charge in [-0.1, -0.05) is 6.07 Å². The third-order valence-corrected chi connectivity index (χ3v) is 4.53. The number of thiophene rings is 1. The zero-order chi connectivity index (χ0) is 14.8. The van der Waals surface area contributed by atoms with Crippen LogP contribution in [-0.2, 0) is 6.54 Å². The van der Waals surface area contributed by atoms with Crippen LogP contribution in [0.4, 0.5) is 11.4 Å². The Balaban J connectivity index is 2.09. The van der Waals surface area contributed by atoms with Crippen molar-refractivity contribution in [1.29, 1.82) is 0 Å². The Kier molecular flexibility index (Phi) is 3.80. The van der Waals surface area contributed by atoms with Crippen molar-refractivity contribution in [3.63, 3.8) is 0 Å². The fourth-order valence-electron chi connectivity index (χ4n) is 2.56. The standard InChI is InChI=1S/C17H19N3S/c1-12(2)20(11-13-4-3-9-21-13)17-6-5-16(18)15-10-19-8-7-14(15)17/h3-10,12H,11,18H2,1-2H3. The van der Waals surface area contributed by atoms with Gasteiger partial charge in [0.15, 0.2) is 0 Å². The summed E-state index contributed by atoms with van der Waals surface area (Å²) in [5.74, 6) is 0. The van der Waals surface area contributed by atoms with Gasteiger partial charge in [0, 0.05) is 45.5 Å². The maximum atomic E-state index is 6.08. The number of hydrogen-bond acceptors (Lipinski definition) is 4. The summed E-state index contributed by atoms with van der Waals surface area (Å²) in [6.45, 7) is 5.35. The summed E-state index contributed by atoms with van der Waals surface area (Å²) in [7, 11) is 0. The Bertz CT molecular complexity index is 735. The van der Waals surface area contributed by atoms with E-state index in [0.717, 1.165) is 23.0 Å². The number of anilines is 2. The van der Waals surface area contributed by atoms with E-state index in [0.29, 0.717) is 6.04 Å². The molecule has 0 aliphatic rings. The maximum absolute atomic E-state index is 6.08. The van der Waals surface area contributed by atoms with Gasteiger partial charge >= 0.3 is 0 Å². The van der Waals surface area contributed by atoms with Crippen LogP contribution in [-0.4, -0.2) is 11.0 Å². The minimum atomic E-state index is 0.409. The number of benzene rings is 1. The molecule has 0 amide bonds. The highest BCUT2D eigenvalue weighted by molar-refractivity contribution is 7.09. The van der Waals surface area contributed by atoms with Crippen molar-refractivity contribution in [3.8, 4) is 0 Å². The molecule has 21 heavy (non-hydrogen) atoms. The van der Waals surface area contributed by atoms with Crippen molar-refractivity contribution in [3.05, 3.63) is 53.0 Å². The van der Waals surface area contributed by atoms with Crippen molar-refractivity contribution in [2.75, 3.05) is 10.6 Å². The molecule has 0 aliphatic heterocycles. The van der Waals surface area contributed by atoms with Gasteiger partial charge in [-0.05, 0) is 43.5 Å². The van der Waals surface area contributed by atoms with Crippen LogP contribution in [0.1, 0.15) is 18.7 Å². The number of hydrogen-bond donors (Lipinski definition) is 1. The van der Waals surface area contributed by atoms with E-state index in [9.17, 15) is 0 Å². The number of fused-ring (bicyclic) bond motifs is 1. The van der Waals surface area contributed by atoms with Crippen LogP contribution in [0, 0.1) is 0 Å². The monoisotopic (exact) mass is 297 g/mol. The molecule has 0 saturated carbocycles. The third kappa shape index (κ3) is 2.72. The van der Waals surface area contributed by atoms with Gasteiger partial charge in [0.1, 0.15) is 0 Å². The highest BCUT2D eigenvalue weighted by atomic mass is 32.1. The van der Waals surface area contributed by atoms with E-state index in [2.05, 4.69) is 47.3 Å². The number of rotatable bonds is 4. The highest BCUT2D eigenvalue weighted by Gasteiger charge is 2.15. The molecule has 4 heteroatoms. The summed E-state index contributed by atoms with van der Waals surface area (Å²) in [4.78, 5) is 7.97. The Morgan fingerprint density at radius 1 is 1.19 bits per heavy atom. The van der Waals surface area contributed by atoms with E-state index < -0.39 is 0 Å². The molecule has 108 valence electrons. The lowest BCUT2D eigenvalue weighted by Gasteiger charge is -2.30. The topological polar surface area (TPSA) is 42.1 Å². The second-order valence-corrected chi connectivity index (χ2v) is 6.43. The molecule has 3 nitrogen and oxygen atoms in total. The number of nitrogen functional groups attached to an aromatic ring is 1. The molecule has 2 aromatic heterocycles. The molecular weight excluding hydrogens is 278 g/mol. The van der Waals surface area contributed by atoms with Crippen LogP contribution < -0.4 is 10.6 Å².